The molecule has 1 aromatic heterocycles. The number of likely N-dealkylation sites (tertiary alicyclic amines) is 1. The predicted octanol–water partition coefficient (Wildman–Crippen LogP) is 0.755. The monoisotopic (exact) mass is 378 g/mol. The Hall–Kier alpha value is -1.93. The second kappa shape index (κ2) is 8.84. The zero-order chi connectivity index (χ0) is 19.4. The van der Waals surface area contributed by atoms with Gasteiger partial charge in [-0.2, -0.15) is 5.10 Å². The van der Waals surface area contributed by atoms with E-state index in [1.165, 1.54) is 0 Å². The fourth-order valence-electron chi connectivity index (χ4n) is 4.13. The van der Waals surface area contributed by atoms with Crippen LogP contribution in [0, 0.1) is 13.8 Å². The summed E-state index contributed by atoms with van der Waals surface area (Å²) in [4.78, 5) is 29.2. The smallest absolute Gasteiger partial charge is 0.249 e. The van der Waals surface area contributed by atoms with Crippen LogP contribution in [0.25, 0.3) is 0 Å². The van der Waals surface area contributed by atoms with Crippen LogP contribution in [-0.2, 0) is 25.6 Å². The minimum Gasteiger partial charge on any atom is -0.381 e. The summed E-state index contributed by atoms with van der Waals surface area (Å²) in [5.74, 6) is 0.0528. The summed E-state index contributed by atoms with van der Waals surface area (Å²) in [6.07, 6.45) is 2.48. The molecule has 3 heterocycles. The van der Waals surface area contributed by atoms with Crippen LogP contribution in [0.3, 0.4) is 0 Å². The van der Waals surface area contributed by atoms with Gasteiger partial charge in [-0.25, -0.2) is 0 Å². The summed E-state index contributed by atoms with van der Waals surface area (Å²) in [5, 5.41) is 4.38. The first-order valence-electron chi connectivity index (χ1n) is 9.66. The van der Waals surface area contributed by atoms with Crippen molar-refractivity contribution >= 4 is 11.8 Å². The molecule has 0 aromatic carbocycles. The molecular formula is C19H30N4O4. The van der Waals surface area contributed by atoms with E-state index >= 15 is 0 Å². The third-order valence-corrected chi connectivity index (χ3v) is 5.44. The molecule has 2 saturated heterocycles. The Morgan fingerprint density at radius 1 is 1.26 bits per heavy atom. The first-order valence-corrected chi connectivity index (χ1v) is 9.66. The lowest BCUT2D eigenvalue weighted by molar-refractivity contribution is -0.143. The average Bonchev–Trinajstić information content (AvgIpc) is 3.23. The van der Waals surface area contributed by atoms with Crippen molar-refractivity contribution in [2.24, 2.45) is 0 Å². The van der Waals surface area contributed by atoms with Crippen LogP contribution in [0.15, 0.2) is 6.07 Å². The molecule has 1 aromatic rings. The molecule has 0 bridgehead atoms. The number of hydrogen-bond acceptors (Lipinski definition) is 5. The van der Waals surface area contributed by atoms with Crippen molar-refractivity contribution in [1.29, 1.82) is 0 Å². The van der Waals surface area contributed by atoms with Crippen LogP contribution in [0.5, 0.6) is 0 Å². The fraction of sp³-hybridized carbons (Fsp3) is 0.737. The molecule has 0 radical (unpaired) electrons. The number of aryl methyl sites for hydroxylation is 2. The molecule has 3 rings (SSSR count). The van der Waals surface area contributed by atoms with Crippen molar-refractivity contribution in [2.45, 2.75) is 51.7 Å². The number of rotatable bonds is 6. The van der Waals surface area contributed by atoms with Gasteiger partial charge in [0.15, 0.2) is 0 Å². The summed E-state index contributed by atoms with van der Waals surface area (Å²) in [6, 6.07) is 2.17. The highest BCUT2D eigenvalue weighted by Gasteiger charge is 2.37. The van der Waals surface area contributed by atoms with E-state index < -0.39 is 0 Å². The molecule has 0 aliphatic carbocycles. The molecule has 0 spiro atoms. The van der Waals surface area contributed by atoms with E-state index in [0.717, 1.165) is 30.7 Å². The van der Waals surface area contributed by atoms with Gasteiger partial charge < -0.3 is 19.3 Å². The van der Waals surface area contributed by atoms with E-state index in [2.05, 4.69) is 5.10 Å². The number of carbonyl (C=O) groups is 2. The molecule has 2 aliphatic heterocycles. The van der Waals surface area contributed by atoms with Crippen molar-refractivity contribution in [3.05, 3.63) is 17.5 Å². The van der Waals surface area contributed by atoms with Gasteiger partial charge in [-0.15, -0.1) is 0 Å². The van der Waals surface area contributed by atoms with Gasteiger partial charge in [0, 0.05) is 45.1 Å². The lowest BCUT2D eigenvalue weighted by Gasteiger charge is -2.38. The fourth-order valence-corrected chi connectivity index (χ4v) is 4.13. The zero-order valence-electron chi connectivity index (χ0n) is 16.5. The predicted molar refractivity (Wildman–Crippen MR) is 99.2 cm³/mol. The lowest BCUT2D eigenvalue weighted by Crippen LogP contribution is -2.51. The van der Waals surface area contributed by atoms with E-state index in [1.807, 2.05) is 29.7 Å². The zero-order valence-corrected chi connectivity index (χ0v) is 16.5. The first kappa shape index (κ1) is 19.8. The molecule has 1 atom stereocenters. The number of aromatic nitrogens is 2. The molecule has 0 N–H and O–H groups in total. The van der Waals surface area contributed by atoms with Crippen molar-refractivity contribution in [1.82, 2.24) is 19.6 Å². The number of ether oxygens (including phenoxy) is 2. The summed E-state index contributed by atoms with van der Waals surface area (Å²) in [6.45, 7) is 6.80. The normalized spacial score (nSPS) is 20.9. The molecule has 150 valence electrons. The molecule has 2 fully saturated rings. The molecule has 8 heteroatoms. The van der Waals surface area contributed by atoms with Crippen LogP contribution in [-0.4, -0.2) is 83.5 Å². The Kier molecular flexibility index (Phi) is 6.49. The third-order valence-electron chi connectivity index (χ3n) is 5.44. The second-order valence-electron chi connectivity index (χ2n) is 7.44. The minimum atomic E-state index is 0.00208. The van der Waals surface area contributed by atoms with Gasteiger partial charge in [-0.1, -0.05) is 0 Å². The van der Waals surface area contributed by atoms with Gasteiger partial charge >= 0.3 is 0 Å². The highest BCUT2D eigenvalue weighted by molar-refractivity contribution is 5.79. The van der Waals surface area contributed by atoms with E-state index in [9.17, 15) is 9.59 Å². The molecule has 2 aliphatic rings. The van der Waals surface area contributed by atoms with Gasteiger partial charge in [-0.05, 0) is 39.2 Å². The minimum absolute atomic E-state index is 0.00208. The Labute approximate surface area is 160 Å². The van der Waals surface area contributed by atoms with Crippen LogP contribution >= 0.6 is 0 Å². The summed E-state index contributed by atoms with van der Waals surface area (Å²) in [5.41, 5.74) is 1.89. The number of carbonyl (C=O) groups excluding carboxylic acids is 2. The number of nitrogens with zero attached hydrogens (tertiary/aromatic N) is 4. The van der Waals surface area contributed by atoms with Gasteiger partial charge in [0.05, 0.1) is 11.7 Å². The Balaban J connectivity index is 1.64. The Morgan fingerprint density at radius 2 is 2.00 bits per heavy atom. The van der Waals surface area contributed by atoms with Crippen molar-refractivity contribution in [3.63, 3.8) is 0 Å². The van der Waals surface area contributed by atoms with Crippen molar-refractivity contribution < 1.29 is 19.1 Å². The van der Waals surface area contributed by atoms with Crippen LogP contribution < -0.4 is 0 Å². The summed E-state index contributed by atoms with van der Waals surface area (Å²) < 4.78 is 12.3. The van der Waals surface area contributed by atoms with Crippen molar-refractivity contribution in [3.8, 4) is 0 Å². The summed E-state index contributed by atoms with van der Waals surface area (Å²) >= 11 is 0. The molecule has 2 amide bonds. The van der Waals surface area contributed by atoms with Gasteiger partial charge in [0.2, 0.25) is 11.8 Å². The van der Waals surface area contributed by atoms with Crippen LogP contribution in [0.2, 0.25) is 0 Å². The Bertz CT molecular complexity index is 669. The first-order chi connectivity index (χ1) is 13.0. The lowest BCUT2D eigenvalue weighted by atomic mass is 10.0. The van der Waals surface area contributed by atoms with E-state index in [4.69, 9.17) is 9.47 Å². The second-order valence-corrected chi connectivity index (χ2v) is 7.44. The van der Waals surface area contributed by atoms with Crippen LogP contribution in [0.4, 0.5) is 0 Å². The number of amides is 2. The SMILES string of the molecule is COCC(=O)N(C1CCOCC1)C1CCN(C(=O)Cn2nc(C)cc2C)C1. The number of hydrogen-bond donors (Lipinski definition) is 0. The molecule has 0 saturated carbocycles. The maximum Gasteiger partial charge on any atom is 0.249 e. The van der Waals surface area contributed by atoms with Crippen molar-refractivity contribution in [2.75, 3.05) is 40.0 Å². The average molecular weight is 378 g/mol. The standard InChI is InChI=1S/C19H30N4O4/c1-14-10-15(2)22(20-14)12-18(24)21-7-4-17(11-21)23(19(25)13-26-3)16-5-8-27-9-6-16/h10,16-17H,4-9,11-13H2,1-3H3. The molecule has 1 unspecified atom stereocenters. The third kappa shape index (κ3) is 4.68. The number of methoxy groups -OCH3 is 1. The van der Waals surface area contributed by atoms with Gasteiger partial charge in [0.1, 0.15) is 13.2 Å². The van der Waals surface area contributed by atoms with Gasteiger partial charge in [0.25, 0.3) is 0 Å². The molecular weight excluding hydrogens is 348 g/mol. The molecule has 27 heavy (non-hydrogen) atoms. The van der Waals surface area contributed by atoms with Crippen LogP contribution in [0.1, 0.15) is 30.7 Å². The van der Waals surface area contributed by atoms with E-state index in [-0.39, 0.29) is 37.0 Å². The maximum absolute atomic E-state index is 12.7. The largest absolute Gasteiger partial charge is 0.381 e. The Morgan fingerprint density at radius 3 is 2.63 bits per heavy atom. The maximum atomic E-state index is 12.7. The topological polar surface area (TPSA) is 76.9 Å². The highest BCUT2D eigenvalue weighted by Crippen LogP contribution is 2.24. The summed E-state index contributed by atoms with van der Waals surface area (Å²) in [7, 11) is 1.54. The quantitative estimate of drug-likeness (QED) is 0.730. The van der Waals surface area contributed by atoms with E-state index in [1.54, 1.807) is 11.8 Å². The molecule has 8 nitrogen and oxygen atoms in total. The highest BCUT2D eigenvalue weighted by atomic mass is 16.5. The van der Waals surface area contributed by atoms with E-state index in [0.29, 0.717) is 26.3 Å². The van der Waals surface area contributed by atoms with Gasteiger partial charge in [-0.3, -0.25) is 14.3 Å².